The summed E-state index contributed by atoms with van der Waals surface area (Å²) in [7, 11) is 0. The van der Waals surface area contributed by atoms with Crippen LogP contribution >= 0.6 is 0 Å². The lowest BCUT2D eigenvalue weighted by molar-refractivity contribution is 0.0149. The number of hydrogen-bond acceptors (Lipinski definition) is 2. The highest BCUT2D eigenvalue weighted by molar-refractivity contribution is 4.77. The first-order chi connectivity index (χ1) is 7.36. The van der Waals surface area contributed by atoms with Crippen LogP contribution in [-0.4, -0.2) is 32.3 Å². The normalized spacial score (nSPS) is 26.2. The van der Waals surface area contributed by atoms with Crippen LogP contribution in [0.4, 0.5) is 0 Å². The van der Waals surface area contributed by atoms with E-state index in [0.717, 1.165) is 44.7 Å². The third-order valence-corrected chi connectivity index (χ3v) is 3.88. The number of hydrogen-bond donors (Lipinski definition) is 2. The molecule has 0 aromatic carbocycles. The molecule has 0 amide bonds. The van der Waals surface area contributed by atoms with Gasteiger partial charge in [-0.15, -0.1) is 0 Å². The van der Waals surface area contributed by atoms with Gasteiger partial charge in [-0.2, -0.15) is 0 Å². The summed E-state index contributed by atoms with van der Waals surface area (Å²) in [6.45, 7) is 4.46. The summed E-state index contributed by atoms with van der Waals surface area (Å²) >= 11 is 0. The molecule has 3 heteroatoms. The molecule has 2 aliphatic heterocycles. The van der Waals surface area contributed by atoms with E-state index in [0.29, 0.717) is 5.92 Å². The molecule has 1 atom stereocenters. The molecule has 3 nitrogen and oxygen atoms in total. The van der Waals surface area contributed by atoms with Crippen molar-refractivity contribution in [3.8, 4) is 0 Å². The summed E-state index contributed by atoms with van der Waals surface area (Å²) in [6, 6.07) is 0. The van der Waals surface area contributed by atoms with Crippen LogP contribution in [0.3, 0.4) is 0 Å². The molecule has 87 valence electrons. The van der Waals surface area contributed by atoms with Gasteiger partial charge in [-0.3, -0.25) is 0 Å². The van der Waals surface area contributed by atoms with Gasteiger partial charge < -0.3 is 10.6 Å². The molecule has 0 spiro atoms. The second-order valence-corrected chi connectivity index (χ2v) is 5.08. The van der Waals surface area contributed by atoms with Gasteiger partial charge in [0.2, 0.25) is 0 Å². The average molecular weight is 211 g/mol. The molecule has 2 saturated heterocycles. The van der Waals surface area contributed by atoms with Crippen LogP contribution in [0.1, 0.15) is 32.1 Å². The second kappa shape index (κ2) is 5.83. The van der Waals surface area contributed by atoms with Crippen LogP contribution in [0.5, 0.6) is 0 Å². The van der Waals surface area contributed by atoms with Gasteiger partial charge in [-0.1, -0.05) is 6.42 Å². The Morgan fingerprint density at radius 2 is 1.87 bits per heavy atom. The molecular weight excluding hydrogens is 188 g/mol. The van der Waals surface area contributed by atoms with E-state index in [-0.39, 0.29) is 6.10 Å². The molecule has 1 unspecified atom stereocenters. The van der Waals surface area contributed by atoms with Gasteiger partial charge in [0, 0.05) is 0 Å². The SMILES string of the molecule is [O]C(CCCC1CNC1)C1CCNCC1. The topological polar surface area (TPSA) is 44.0 Å². The summed E-state index contributed by atoms with van der Waals surface area (Å²) in [5, 5.41) is 18.5. The van der Waals surface area contributed by atoms with E-state index in [2.05, 4.69) is 10.6 Å². The molecule has 0 aromatic rings. The Kier molecular flexibility index (Phi) is 4.42. The Morgan fingerprint density at radius 3 is 2.47 bits per heavy atom. The van der Waals surface area contributed by atoms with E-state index in [1.807, 2.05) is 0 Å². The van der Waals surface area contributed by atoms with Gasteiger partial charge in [0.15, 0.2) is 0 Å². The Balaban J connectivity index is 1.56. The second-order valence-electron chi connectivity index (χ2n) is 5.08. The Labute approximate surface area is 92.6 Å². The van der Waals surface area contributed by atoms with Gasteiger partial charge >= 0.3 is 0 Å². The Hall–Kier alpha value is -0.120. The van der Waals surface area contributed by atoms with E-state index in [9.17, 15) is 5.11 Å². The lowest BCUT2D eigenvalue weighted by atomic mass is 9.88. The van der Waals surface area contributed by atoms with E-state index in [1.165, 1.54) is 19.5 Å². The molecular formula is C12H23N2O. The zero-order chi connectivity index (χ0) is 10.5. The molecule has 0 bridgehead atoms. The predicted molar refractivity (Wildman–Crippen MR) is 60.3 cm³/mol. The maximum atomic E-state index is 11.9. The first-order valence-corrected chi connectivity index (χ1v) is 6.43. The summed E-state index contributed by atoms with van der Waals surface area (Å²) < 4.78 is 0. The average Bonchev–Trinajstić information content (AvgIpc) is 2.23. The fraction of sp³-hybridized carbons (Fsp3) is 1.00. The third-order valence-electron chi connectivity index (χ3n) is 3.88. The first-order valence-electron chi connectivity index (χ1n) is 6.43. The van der Waals surface area contributed by atoms with Crippen LogP contribution in [0, 0.1) is 11.8 Å². The molecule has 0 aliphatic carbocycles. The maximum absolute atomic E-state index is 11.9. The zero-order valence-electron chi connectivity index (χ0n) is 9.50. The van der Waals surface area contributed by atoms with Crippen LogP contribution in [0.2, 0.25) is 0 Å². The minimum atomic E-state index is -0.292. The van der Waals surface area contributed by atoms with Crippen LogP contribution in [0.25, 0.3) is 0 Å². The minimum Gasteiger partial charge on any atom is -0.317 e. The fourth-order valence-corrected chi connectivity index (χ4v) is 2.61. The van der Waals surface area contributed by atoms with E-state index >= 15 is 0 Å². The molecule has 0 aromatic heterocycles. The Morgan fingerprint density at radius 1 is 1.13 bits per heavy atom. The highest BCUT2D eigenvalue weighted by atomic mass is 16.3. The van der Waals surface area contributed by atoms with Crippen molar-refractivity contribution in [1.82, 2.24) is 10.6 Å². The van der Waals surface area contributed by atoms with Gasteiger partial charge in [-0.25, -0.2) is 5.11 Å². The first kappa shape index (κ1) is 11.4. The molecule has 1 radical (unpaired) electrons. The monoisotopic (exact) mass is 211 g/mol. The molecule has 0 saturated carbocycles. The summed E-state index contributed by atoms with van der Waals surface area (Å²) in [5.74, 6) is 1.32. The lowest BCUT2D eigenvalue weighted by Gasteiger charge is -2.29. The largest absolute Gasteiger partial charge is 0.317 e. The quantitative estimate of drug-likeness (QED) is 0.717. The van der Waals surface area contributed by atoms with Crippen molar-refractivity contribution >= 4 is 0 Å². The van der Waals surface area contributed by atoms with E-state index < -0.39 is 0 Å². The van der Waals surface area contributed by atoms with Crippen LogP contribution in [0.15, 0.2) is 0 Å². The van der Waals surface area contributed by atoms with Gasteiger partial charge in [0.05, 0.1) is 6.10 Å². The zero-order valence-corrected chi connectivity index (χ0v) is 9.50. The fourth-order valence-electron chi connectivity index (χ4n) is 2.61. The molecule has 2 N–H and O–H groups in total. The molecule has 2 aliphatic rings. The smallest absolute Gasteiger partial charge is 0.0959 e. The lowest BCUT2D eigenvalue weighted by Crippen LogP contribution is -2.41. The van der Waals surface area contributed by atoms with Gasteiger partial charge in [0.1, 0.15) is 0 Å². The molecule has 15 heavy (non-hydrogen) atoms. The summed E-state index contributed by atoms with van der Waals surface area (Å²) in [6.07, 6.45) is 5.21. The van der Waals surface area contributed by atoms with E-state index in [4.69, 9.17) is 0 Å². The van der Waals surface area contributed by atoms with Gasteiger partial charge in [0.25, 0.3) is 0 Å². The van der Waals surface area contributed by atoms with Crippen LogP contribution in [-0.2, 0) is 5.11 Å². The highest BCUT2D eigenvalue weighted by Gasteiger charge is 2.23. The van der Waals surface area contributed by atoms with Crippen molar-refractivity contribution in [2.45, 2.75) is 38.2 Å². The number of nitrogens with one attached hydrogen (secondary N) is 2. The van der Waals surface area contributed by atoms with Gasteiger partial charge in [-0.05, 0) is 63.7 Å². The number of piperidine rings is 1. The predicted octanol–water partition coefficient (Wildman–Crippen LogP) is 1.17. The third kappa shape index (κ3) is 3.44. The minimum absolute atomic E-state index is 0.292. The van der Waals surface area contributed by atoms with E-state index in [1.54, 1.807) is 0 Å². The van der Waals surface area contributed by atoms with Crippen molar-refractivity contribution in [2.24, 2.45) is 11.8 Å². The Bertz CT molecular complexity index is 176. The maximum Gasteiger partial charge on any atom is 0.0959 e. The highest BCUT2D eigenvalue weighted by Crippen LogP contribution is 2.22. The van der Waals surface area contributed by atoms with Crippen molar-refractivity contribution in [2.75, 3.05) is 26.2 Å². The molecule has 2 fully saturated rings. The summed E-state index contributed by atoms with van der Waals surface area (Å²) in [4.78, 5) is 0. The summed E-state index contributed by atoms with van der Waals surface area (Å²) in [5.41, 5.74) is 0. The molecule has 2 heterocycles. The van der Waals surface area contributed by atoms with Crippen molar-refractivity contribution < 1.29 is 5.11 Å². The van der Waals surface area contributed by atoms with Crippen LogP contribution < -0.4 is 10.6 Å². The van der Waals surface area contributed by atoms with Crippen molar-refractivity contribution in [3.63, 3.8) is 0 Å². The standard InChI is InChI=1S/C12H23N2O/c15-12(11-4-6-13-7-5-11)3-1-2-10-8-14-9-10/h10-14H,1-9H2. The number of rotatable bonds is 5. The van der Waals surface area contributed by atoms with Crippen molar-refractivity contribution in [1.29, 1.82) is 0 Å². The van der Waals surface area contributed by atoms with Crippen molar-refractivity contribution in [3.05, 3.63) is 0 Å². The molecule has 2 rings (SSSR count).